The Morgan fingerprint density at radius 1 is 1.19 bits per heavy atom. The molecule has 1 aliphatic heterocycles. The lowest BCUT2D eigenvalue weighted by atomic mass is 9.90. The first-order valence-electron chi connectivity index (χ1n) is 8.43. The Balaban J connectivity index is 2.07. The average Bonchev–Trinajstić information content (AvgIpc) is 2.54. The van der Waals surface area contributed by atoms with Crippen molar-refractivity contribution in [2.24, 2.45) is 0 Å². The minimum absolute atomic E-state index is 0.102. The highest BCUT2D eigenvalue weighted by Crippen LogP contribution is 2.36. The number of hydrogen-bond donors (Lipinski definition) is 1. The van der Waals surface area contributed by atoms with Crippen LogP contribution in [-0.2, 0) is 11.7 Å². The molecule has 1 saturated heterocycles. The molecule has 0 spiro atoms. The number of nitrogens with zero attached hydrogens (tertiary/aromatic N) is 2. The standard InChI is InChI=1S/C19H21F3N2O2/c1-18(8-4-9-23(2)12-18)24-10-3-5-15(17(24)26)14-7-6-13(11-16(14)25)19(20,21)22/h3,5-7,10-11,25H,4,8-9,12H2,1-2H3/t18-/m1/s1. The van der Waals surface area contributed by atoms with Crippen molar-refractivity contribution in [1.29, 1.82) is 0 Å². The van der Waals surface area contributed by atoms with Crippen molar-refractivity contribution >= 4 is 0 Å². The highest BCUT2D eigenvalue weighted by atomic mass is 19.4. The number of halogens is 3. The molecule has 0 saturated carbocycles. The third kappa shape index (κ3) is 3.35. The molecule has 2 heterocycles. The van der Waals surface area contributed by atoms with Crippen LogP contribution in [0.15, 0.2) is 41.3 Å². The Hall–Kier alpha value is -2.28. The van der Waals surface area contributed by atoms with E-state index in [0.717, 1.165) is 31.5 Å². The van der Waals surface area contributed by atoms with E-state index in [1.807, 2.05) is 14.0 Å². The van der Waals surface area contributed by atoms with Crippen LogP contribution >= 0.6 is 0 Å². The van der Waals surface area contributed by atoms with Gasteiger partial charge in [0, 0.05) is 18.3 Å². The van der Waals surface area contributed by atoms with E-state index >= 15 is 0 Å². The van der Waals surface area contributed by atoms with Crippen molar-refractivity contribution in [3.63, 3.8) is 0 Å². The topological polar surface area (TPSA) is 45.5 Å². The minimum Gasteiger partial charge on any atom is -0.507 e. The van der Waals surface area contributed by atoms with Gasteiger partial charge in [0.2, 0.25) is 0 Å². The summed E-state index contributed by atoms with van der Waals surface area (Å²) >= 11 is 0. The molecule has 1 aliphatic rings. The van der Waals surface area contributed by atoms with Crippen molar-refractivity contribution in [2.75, 3.05) is 20.1 Å². The maximum atomic E-state index is 13.0. The Labute approximate surface area is 149 Å². The van der Waals surface area contributed by atoms with E-state index in [4.69, 9.17) is 0 Å². The summed E-state index contributed by atoms with van der Waals surface area (Å²) in [5.41, 5.74) is -1.38. The fourth-order valence-corrected chi connectivity index (χ4v) is 3.73. The number of benzene rings is 1. The van der Waals surface area contributed by atoms with Crippen molar-refractivity contribution < 1.29 is 18.3 Å². The smallest absolute Gasteiger partial charge is 0.416 e. The van der Waals surface area contributed by atoms with Crippen molar-refractivity contribution in [2.45, 2.75) is 31.5 Å². The molecular formula is C19H21F3N2O2. The molecule has 26 heavy (non-hydrogen) atoms. The van der Waals surface area contributed by atoms with Crippen LogP contribution in [0.1, 0.15) is 25.3 Å². The molecule has 1 atom stereocenters. The van der Waals surface area contributed by atoms with Crippen LogP contribution in [0.5, 0.6) is 5.75 Å². The molecule has 3 rings (SSSR count). The van der Waals surface area contributed by atoms with Gasteiger partial charge in [0.15, 0.2) is 0 Å². The number of hydrogen-bond acceptors (Lipinski definition) is 3. The number of alkyl halides is 3. The molecule has 0 unspecified atom stereocenters. The van der Waals surface area contributed by atoms with Gasteiger partial charge in [0.1, 0.15) is 5.75 Å². The molecule has 1 aromatic carbocycles. The van der Waals surface area contributed by atoms with Gasteiger partial charge < -0.3 is 14.6 Å². The lowest BCUT2D eigenvalue weighted by molar-refractivity contribution is -0.137. The van der Waals surface area contributed by atoms with Gasteiger partial charge in [-0.3, -0.25) is 4.79 Å². The van der Waals surface area contributed by atoms with E-state index in [1.165, 1.54) is 6.07 Å². The maximum Gasteiger partial charge on any atom is 0.416 e. The number of aromatic hydroxyl groups is 1. The zero-order valence-corrected chi connectivity index (χ0v) is 14.7. The molecule has 2 aromatic rings. The SMILES string of the molecule is CN1CCC[C@@](C)(n2cccc(-c3ccc(C(F)(F)F)cc3O)c2=O)C1. The summed E-state index contributed by atoms with van der Waals surface area (Å²) in [6, 6.07) is 5.89. The van der Waals surface area contributed by atoms with Gasteiger partial charge in [-0.05, 0) is 63.7 Å². The first-order valence-corrected chi connectivity index (χ1v) is 8.43. The molecule has 0 bridgehead atoms. The molecular weight excluding hydrogens is 345 g/mol. The average molecular weight is 366 g/mol. The predicted molar refractivity (Wildman–Crippen MR) is 93.2 cm³/mol. The molecule has 140 valence electrons. The van der Waals surface area contributed by atoms with E-state index in [0.29, 0.717) is 12.6 Å². The second-order valence-corrected chi connectivity index (χ2v) is 7.16. The fraction of sp³-hybridized carbons (Fsp3) is 0.421. The summed E-state index contributed by atoms with van der Waals surface area (Å²) < 4.78 is 40.0. The quantitative estimate of drug-likeness (QED) is 0.882. The molecule has 1 N–H and O–H groups in total. The van der Waals surface area contributed by atoms with Crippen LogP contribution in [0.25, 0.3) is 11.1 Å². The Bertz CT molecular complexity index is 876. The maximum absolute atomic E-state index is 13.0. The van der Waals surface area contributed by atoms with Gasteiger partial charge >= 0.3 is 6.18 Å². The lowest BCUT2D eigenvalue weighted by Gasteiger charge is -2.40. The van der Waals surface area contributed by atoms with Crippen LogP contribution in [-0.4, -0.2) is 34.7 Å². The molecule has 0 aliphatic carbocycles. The highest BCUT2D eigenvalue weighted by Gasteiger charge is 2.33. The molecule has 0 radical (unpaired) electrons. The Kier molecular flexibility index (Phi) is 4.60. The molecule has 1 fully saturated rings. The first kappa shape index (κ1) is 18.5. The largest absolute Gasteiger partial charge is 0.507 e. The minimum atomic E-state index is -4.55. The zero-order valence-electron chi connectivity index (χ0n) is 14.7. The van der Waals surface area contributed by atoms with E-state index in [2.05, 4.69) is 4.90 Å². The monoisotopic (exact) mass is 366 g/mol. The van der Waals surface area contributed by atoms with Gasteiger partial charge in [-0.1, -0.05) is 0 Å². The molecule has 7 heteroatoms. The Morgan fingerprint density at radius 2 is 1.92 bits per heavy atom. The number of likely N-dealkylation sites (N-methyl/N-ethyl adjacent to an activating group) is 1. The van der Waals surface area contributed by atoms with Crippen molar-refractivity contribution in [3.8, 4) is 16.9 Å². The van der Waals surface area contributed by atoms with Crippen LogP contribution in [0.2, 0.25) is 0 Å². The lowest BCUT2D eigenvalue weighted by Crippen LogP contribution is -2.50. The summed E-state index contributed by atoms with van der Waals surface area (Å²) in [6.07, 6.45) is -1.06. The van der Waals surface area contributed by atoms with E-state index < -0.39 is 23.0 Å². The normalized spacial score (nSPS) is 21.7. The highest BCUT2D eigenvalue weighted by molar-refractivity contribution is 5.69. The zero-order chi connectivity index (χ0) is 19.1. The van der Waals surface area contributed by atoms with Gasteiger partial charge in [0.25, 0.3) is 5.56 Å². The van der Waals surface area contributed by atoms with Gasteiger partial charge in [-0.2, -0.15) is 13.2 Å². The van der Waals surface area contributed by atoms with E-state index in [9.17, 15) is 23.1 Å². The Morgan fingerprint density at radius 3 is 2.54 bits per heavy atom. The first-order chi connectivity index (χ1) is 12.1. The predicted octanol–water partition coefficient (Wildman–Crippen LogP) is 3.68. The number of rotatable bonds is 2. The summed E-state index contributed by atoms with van der Waals surface area (Å²) in [4.78, 5) is 15.2. The summed E-state index contributed by atoms with van der Waals surface area (Å²) in [5, 5.41) is 10.1. The molecule has 0 amide bonds. The summed E-state index contributed by atoms with van der Waals surface area (Å²) in [7, 11) is 1.99. The number of piperidine rings is 1. The van der Waals surface area contributed by atoms with Gasteiger partial charge in [-0.15, -0.1) is 0 Å². The van der Waals surface area contributed by atoms with Crippen molar-refractivity contribution in [3.05, 3.63) is 52.4 Å². The van der Waals surface area contributed by atoms with Gasteiger partial charge in [0.05, 0.1) is 16.7 Å². The fourth-order valence-electron chi connectivity index (χ4n) is 3.73. The third-order valence-corrected chi connectivity index (χ3v) is 5.01. The van der Waals surface area contributed by atoms with Crippen LogP contribution in [0, 0.1) is 0 Å². The summed E-state index contributed by atoms with van der Waals surface area (Å²) in [5.74, 6) is -0.555. The van der Waals surface area contributed by atoms with Crippen molar-refractivity contribution in [1.82, 2.24) is 9.47 Å². The number of likely N-dealkylation sites (tertiary alicyclic amines) is 1. The second-order valence-electron chi connectivity index (χ2n) is 7.16. The van der Waals surface area contributed by atoms with Crippen LogP contribution in [0.3, 0.4) is 0 Å². The number of phenols is 1. The van der Waals surface area contributed by atoms with E-state index in [1.54, 1.807) is 16.8 Å². The molecule has 4 nitrogen and oxygen atoms in total. The number of aromatic nitrogens is 1. The van der Waals surface area contributed by atoms with E-state index in [-0.39, 0.29) is 16.7 Å². The third-order valence-electron chi connectivity index (χ3n) is 5.01. The van der Waals surface area contributed by atoms with Crippen LogP contribution < -0.4 is 5.56 Å². The second kappa shape index (κ2) is 6.46. The van der Waals surface area contributed by atoms with Gasteiger partial charge in [-0.25, -0.2) is 0 Å². The number of phenolic OH excluding ortho intramolecular Hbond substituents is 1. The van der Waals surface area contributed by atoms with Crippen LogP contribution in [0.4, 0.5) is 13.2 Å². The number of pyridine rings is 1. The summed E-state index contributed by atoms with van der Waals surface area (Å²) in [6.45, 7) is 3.67. The molecule has 1 aromatic heterocycles.